The van der Waals surface area contributed by atoms with Crippen molar-refractivity contribution in [1.82, 2.24) is 5.32 Å². The molecule has 8 heteroatoms. The Hall–Kier alpha value is -2.06. The lowest BCUT2D eigenvalue weighted by atomic mass is 10.0. The number of hydrogen-bond donors (Lipinski definition) is 3. The molecule has 41 heavy (non-hydrogen) atoms. The molecule has 2 atom stereocenters. The van der Waals surface area contributed by atoms with E-state index in [9.17, 15) is 19.5 Å². The standard InChI is InChI=1S/C33H56N2O5S/c1-2-3-4-5-6-7-8-9-10-11-12-13-14-15-16-20-25-41-27-29(34)32(37)35-30(33(38)39)23-24-31(36)40-26-28-21-18-17-19-22-28/h17-19,21-22,29-30H,2-16,20,23-27,34H2,1H3,(H,35,37)(H,38,39)/t29-,30+/m1/s1. The molecule has 0 bridgehead atoms. The van der Waals surface area contributed by atoms with Gasteiger partial charge in [0.05, 0.1) is 6.04 Å². The molecule has 0 aliphatic heterocycles. The molecule has 0 heterocycles. The van der Waals surface area contributed by atoms with Gasteiger partial charge in [-0.05, 0) is 24.2 Å². The largest absolute Gasteiger partial charge is 0.480 e. The van der Waals surface area contributed by atoms with Gasteiger partial charge in [-0.25, -0.2) is 4.79 Å². The zero-order valence-corrected chi connectivity index (χ0v) is 26.3. The van der Waals surface area contributed by atoms with Gasteiger partial charge in [-0.3, -0.25) is 9.59 Å². The van der Waals surface area contributed by atoms with Crippen molar-refractivity contribution in [3.63, 3.8) is 0 Å². The van der Waals surface area contributed by atoms with E-state index in [1.807, 2.05) is 30.3 Å². The topological polar surface area (TPSA) is 119 Å². The number of carboxylic acids is 1. The SMILES string of the molecule is CCCCCCCCCCCCCCCCCCSC[C@@H](N)C(=O)N[C@@H](CCC(=O)OCc1ccccc1)C(=O)O. The van der Waals surface area contributed by atoms with E-state index in [0.717, 1.165) is 17.7 Å². The molecule has 0 fully saturated rings. The highest BCUT2D eigenvalue weighted by Gasteiger charge is 2.24. The fraction of sp³-hybridized carbons (Fsp3) is 0.727. The first kappa shape index (κ1) is 37.0. The van der Waals surface area contributed by atoms with Crippen LogP contribution < -0.4 is 11.1 Å². The monoisotopic (exact) mass is 592 g/mol. The highest BCUT2D eigenvalue weighted by atomic mass is 32.2. The van der Waals surface area contributed by atoms with Crippen molar-refractivity contribution < 1.29 is 24.2 Å². The zero-order valence-electron chi connectivity index (χ0n) is 25.5. The van der Waals surface area contributed by atoms with E-state index in [0.29, 0.717) is 5.75 Å². The number of carbonyl (C=O) groups is 3. The van der Waals surface area contributed by atoms with Gasteiger partial charge in [0.2, 0.25) is 5.91 Å². The van der Waals surface area contributed by atoms with Crippen LogP contribution in [0.3, 0.4) is 0 Å². The first-order valence-corrected chi connectivity index (χ1v) is 17.2. The first-order valence-electron chi connectivity index (χ1n) is 16.0. The van der Waals surface area contributed by atoms with Gasteiger partial charge >= 0.3 is 11.9 Å². The number of carbonyl (C=O) groups excluding carboxylic acids is 2. The summed E-state index contributed by atoms with van der Waals surface area (Å²) in [5.74, 6) is -0.824. The van der Waals surface area contributed by atoms with Gasteiger partial charge in [0.25, 0.3) is 0 Å². The van der Waals surface area contributed by atoms with Crippen molar-refractivity contribution in [3.05, 3.63) is 35.9 Å². The molecule has 1 aromatic rings. The Morgan fingerprint density at radius 3 is 1.85 bits per heavy atom. The second kappa shape index (κ2) is 25.6. The van der Waals surface area contributed by atoms with E-state index < -0.39 is 29.9 Å². The van der Waals surface area contributed by atoms with Crippen LogP contribution in [0.1, 0.15) is 128 Å². The number of ether oxygens (including phenoxy) is 1. The lowest BCUT2D eigenvalue weighted by molar-refractivity contribution is -0.146. The summed E-state index contributed by atoms with van der Waals surface area (Å²) < 4.78 is 5.18. The summed E-state index contributed by atoms with van der Waals surface area (Å²) in [7, 11) is 0. The summed E-state index contributed by atoms with van der Waals surface area (Å²) in [5, 5.41) is 11.9. The van der Waals surface area contributed by atoms with Crippen LogP contribution in [0.25, 0.3) is 0 Å². The maximum absolute atomic E-state index is 12.4. The maximum atomic E-state index is 12.4. The number of nitrogens with two attached hydrogens (primary N) is 1. The average molecular weight is 593 g/mol. The van der Waals surface area contributed by atoms with Crippen molar-refractivity contribution in [2.24, 2.45) is 5.73 Å². The average Bonchev–Trinajstić information content (AvgIpc) is 2.97. The van der Waals surface area contributed by atoms with E-state index >= 15 is 0 Å². The highest BCUT2D eigenvalue weighted by Crippen LogP contribution is 2.15. The molecule has 234 valence electrons. The Labute approximate surface area is 253 Å². The Kier molecular flexibility index (Phi) is 23.1. The van der Waals surface area contributed by atoms with E-state index in [1.54, 1.807) is 11.8 Å². The number of aliphatic carboxylic acids is 1. The Morgan fingerprint density at radius 2 is 1.34 bits per heavy atom. The minimum atomic E-state index is -1.19. The normalized spacial score (nSPS) is 12.5. The Balaban J connectivity index is 2.00. The molecular weight excluding hydrogens is 536 g/mol. The van der Waals surface area contributed by atoms with Crippen LogP contribution in [0.5, 0.6) is 0 Å². The number of amides is 1. The third-order valence-corrected chi connectivity index (χ3v) is 8.44. The number of unbranched alkanes of at least 4 members (excludes halogenated alkanes) is 15. The molecule has 0 aromatic heterocycles. The number of esters is 1. The fourth-order valence-corrected chi connectivity index (χ4v) is 5.63. The number of thioether (sulfide) groups is 1. The van der Waals surface area contributed by atoms with Crippen LogP contribution in [0, 0.1) is 0 Å². The van der Waals surface area contributed by atoms with Crippen LogP contribution in [0.2, 0.25) is 0 Å². The van der Waals surface area contributed by atoms with Crippen LogP contribution in [0.4, 0.5) is 0 Å². The predicted octanol–water partition coefficient (Wildman–Crippen LogP) is 7.40. The summed E-state index contributed by atoms with van der Waals surface area (Å²) in [6.45, 7) is 2.40. The molecule has 0 unspecified atom stereocenters. The van der Waals surface area contributed by atoms with Gasteiger partial charge in [0.1, 0.15) is 12.6 Å². The van der Waals surface area contributed by atoms with Crippen LogP contribution in [0.15, 0.2) is 30.3 Å². The lowest BCUT2D eigenvalue weighted by Crippen LogP contribution is -2.49. The molecule has 0 aliphatic carbocycles. The molecule has 0 aliphatic rings. The summed E-state index contributed by atoms with van der Waals surface area (Å²) >= 11 is 1.63. The number of benzene rings is 1. The predicted molar refractivity (Wildman–Crippen MR) is 170 cm³/mol. The number of carboxylic acid groups (broad SMARTS) is 1. The molecule has 0 radical (unpaired) electrons. The number of rotatable bonds is 27. The molecule has 1 rings (SSSR count). The summed E-state index contributed by atoms with van der Waals surface area (Å²) in [4.78, 5) is 36.0. The number of hydrogen-bond acceptors (Lipinski definition) is 6. The molecular formula is C33H56N2O5S. The summed E-state index contributed by atoms with van der Waals surface area (Å²) in [6, 6.07) is 7.29. The zero-order chi connectivity index (χ0) is 30.0. The second-order valence-electron chi connectivity index (χ2n) is 11.1. The minimum absolute atomic E-state index is 0.0479. The molecule has 0 spiro atoms. The van der Waals surface area contributed by atoms with Gasteiger partial charge in [-0.15, -0.1) is 0 Å². The minimum Gasteiger partial charge on any atom is -0.480 e. The molecule has 1 amide bonds. The van der Waals surface area contributed by atoms with Crippen molar-refractivity contribution in [2.75, 3.05) is 11.5 Å². The highest BCUT2D eigenvalue weighted by molar-refractivity contribution is 7.99. The third-order valence-electron chi connectivity index (χ3n) is 7.27. The molecule has 0 saturated carbocycles. The van der Waals surface area contributed by atoms with Crippen molar-refractivity contribution >= 4 is 29.6 Å². The Bertz CT molecular complexity index is 808. The maximum Gasteiger partial charge on any atom is 0.326 e. The van der Waals surface area contributed by atoms with Crippen LogP contribution in [-0.4, -0.2) is 46.5 Å². The van der Waals surface area contributed by atoms with Crippen molar-refractivity contribution in [1.29, 1.82) is 0 Å². The third kappa shape index (κ3) is 21.3. The van der Waals surface area contributed by atoms with E-state index in [1.165, 1.54) is 96.3 Å². The fourth-order valence-electron chi connectivity index (χ4n) is 4.65. The van der Waals surface area contributed by atoms with E-state index in [2.05, 4.69) is 12.2 Å². The van der Waals surface area contributed by atoms with E-state index in [4.69, 9.17) is 10.5 Å². The van der Waals surface area contributed by atoms with Crippen molar-refractivity contribution in [2.45, 2.75) is 141 Å². The lowest BCUT2D eigenvalue weighted by Gasteiger charge is -2.17. The number of nitrogens with one attached hydrogen (secondary N) is 1. The van der Waals surface area contributed by atoms with Crippen molar-refractivity contribution in [3.8, 4) is 0 Å². The van der Waals surface area contributed by atoms with Gasteiger partial charge < -0.3 is 20.9 Å². The summed E-state index contributed by atoms with van der Waals surface area (Å²) in [6.07, 6.45) is 21.3. The molecule has 4 N–H and O–H groups in total. The smallest absolute Gasteiger partial charge is 0.326 e. The van der Waals surface area contributed by atoms with Gasteiger partial charge in [0, 0.05) is 12.2 Å². The second-order valence-corrected chi connectivity index (χ2v) is 12.2. The van der Waals surface area contributed by atoms with Crippen LogP contribution >= 0.6 is 11.8 Å². The van der Waals surface area contributed by atoms with Gasteiger partial charge in [-0.1, -0.05) is 134 Å². The molecule has 7 nitrogen and oxygen atoms in total. The van der Waals surface area contributed by atoms with Gasteiger partial charge in [0.15, 0.2) is 0 Å². The first-order chi connectivity index (χ1) is 19.9. The molecule has 1 aromatic carbocycles. The Morgan fingerprint density at radius 1 is 0.829 bits per heavy atom. The van der Waals surface area contributed by atoms with Crippen LogP contribution in [-0.2, 0) is 25.7 Å². The summed E-state index contributed by atoms with van der Waals surface area (Å²) in [5.41, 5.74) is 6.84. The van der Waals surface area contributed by atoms with Gasteiger partial charge in [-0.2, -0.15) is 11.8 Å². The quantitative estimate of drug-likeness (QED) is 0.0719. The molecule has 0 saturated heterocycles. The van der Waals surface area contributed by atoms with E-state index in [-0.39, 0.29) is 19.4 Å².